The van der Waals surface area contributed by atoms with Crippen LogP contribution >= 0.6 is 0 Å². The molecule has 1 aromatic carbocycles. The smallest absolute Gasteiger partial charge is 0.272 e. The lowest BCUT2D eigenvalue weighted by Crippen LogP contribution is -2.39. The Bertz CT molecular complexity index is 911. The molecule has 0 saturated carbocycles. The Morgan fingerprint density at radius 3 is 2.81 bits per heavy atom. The third-order valence-corrected chi connectivity index (χ3v) is 4.61. The number of para-hydroxylation sites is 1. The molecule has 4 rings (SSSR count). The number of aryl methyl sites for hydroxylation is 1. The van der Waals surface area contributed by atoms with Crippen LogP contribution in [0.15, 0.2) is 48.7 Å². The minimum Gasteiger partial charge on any atom is -0.439 e. The zero-order chi connectivity index (χ0) is 18.6. The summed E-state index contributed by atoms with van der Waals surface area (Å²) >= 11 is 0. The minimum atomic E-state index is -0.174. The number of rotatable bonds is 4. The van der Waals surface area contributed by atoms with Crippen LogP contribution in [0.3, 0.4) is 0 Å². The zero-order valence-corrected chi connectivity index (χ0v) is 15.1. The SMILES string of the molecule is Cc1cc(Oc2ccccc2)nc(C2CCCCN2C(=O)c2ccn[nH]2)n1. The van der Waals surface area contributed by atoms with Gasteiger partial charge in [0.2, 0.25) is 5.88 Å². The molecule has 7 heteroatoms. The fraction of sp³-hybridized carbons (Fsp3) is 0.300. The predicted octanol–water partition coefficient (Wildman–Crippen LogP) is 3.67. The van der Waals surface area contributed by atoms with Crippen molar-refractivity contribution in [2.75, 3.05) is 6.54 Å². The number of carbonyl (C=O) groups excluding carboxylic acids is 1. The molecule has 0 bridgehead atoms. The van der Waals surface area contributed by atoms with Crippen molar-refractivity contribution in [1.29, 1.82) is 0 Å². The average molecular weight is 363 g/mol. The summed E-state index contributed by atoms with van der Waals surface area (Å²) in [6.45, 7) is 2.58. The van der Waals surface area contributed by atoms with Crippen molar-refractivity contribution in [3.05, 3.63) is 65.9 Å². The molecule has 0 spiro atoms. The number of carbonyl (C=O) groups is 1. The number of benzene rings is 1. The van der Waals surface area contributed by atoms with E-state index in [2.05, 4.69) is 20.2 Å². The van der Waals surface area contributed by atoms with Crippen LogP contribution in [-0.2, 0) is 0 Å². The maximum atomic E-state index is 12.9. The average Bonchev–Trinajstić information content (AvgIpc) is 3.22. The number of nitrogens with zero attached hydrogens (tertiary/aromatic N) is 4. The van der Waals surface area contributed by atoms with Crippen LogP contribution in [0.5, 0.6) is 11.6 Å². The van der Waals surface area contributed by atoms with Crippen molar-refractivity contribution in [3.63, 3.8) is 0 Å². The number of ether oxygens (including phenoxy) is 1. The molecule has 7 nitrogen and oxygen atoms in total. The highest BCUT2D eigenvalue weighted by atomic mass is 16.5. The normalized spacial score (nSPS) is 16.9. The predicted molar refractivity (Wildman–Crippen MR) is 99.5 cm³/mol. The van der Waals surface area contributed by atoms with Gasteiger partial charge in [-0.1, -0.05) is 18.2 Å². The van der Waals surface area contributed by atoms with Gasteiger partial charge in [-0.3, -0.25) is 9.89 Å². The van der Waals surface area contributed by atoms with Gasteiger partial charge in [-0.25, -0.2) is 4.98 Å². The van der Waals surface area contributed by atoms with Crippen LogP contribution in [0.4, 0.5) is 0 Å². The Morgan fingerprint density at radius 1 is 1.19 bits per heavy atom. The Balaban J connectivity index is 1.63. The van der Waals surface area contributed by atoms with Crippen molar-refractivity contribution in [2.24, 2.45) is 0 Å². The number of H-pyrrole nitrogens is 1. The van der Waals surface area contributed by atoms with E-state index in [0.29, 0.717) is 23.9 Å². The Labute approximate surface area is 157 Å². The number of hydrogen-bond donors (Lipinski definition) is 1. The van der Waals surface area contributed by atoms with Crippen LogP contribution in [0.25, 0.3) is 0 Å². The van der Waals surface area contributed by atoms with Crippen LogP contribution in [0.1, 0.15) is 47.3 Å². The molecule has 3 heterocycles. The summed E-state index contributed by atoms with van der Waals surface area (Å²) in [5.41, 5.74) is 1.29. The lowest BCUT2D eigenvalue weighted by Gasteiger charge is -2.34. The number of aromatic nitrogens is 4. The molecular weight excluding hydrogens is 342 g/mol. The maximum Gasteiger partial charge on any atom is 0.272 e. The highest BCUT2D eigenvalue weighted by Gasteiger charge is 2.31. The summed E-state index contributed by atoms with van der Waals surface area (Å²) in [7, 11) is 0. The topological polar surface area (TPSA) is 84.0 Å². The number of nitrogens with one attached hydrogen (secondary N) is 1. The van der Waals surface area contributed by atoms with Gasteiger partial charge < -0.3 is 9.64 Å². The van der Waals surface area contributed by atoms with Gasteiger partial charge in [-0.15, -0.1) is 0 Å². The molecule has 1 amide bonds. The van der Waals surface area contributed by atoms with Crippen LogP contribution in [-0.4, -0.2) is 37.5 Å². The molecule has 0 aliphatic carbocycles. The molecule has 1 N–H and O–H groups in total. The summed E-state index contributed by atoms with van der Waals surface area (Å²) in [5.74, 6) is 1.75. The number of amides is 1. The van der Waals surface area contributed by atoms with Gasteiger partial charge in [-0.2, -0.15) is 10.1 Å². The summed E-state index contributed by atoms with van der Waals surface area (Å²) < 4.78 is 5.89. The Morgan fingerprint density at radius 2 is 2.04 bits per heavy atom. The first-order valence-corrected chi connectivity index (χ1v) is 9.09. The highest BCUT2D eigenvalue weighted by Crippen LogP contribution is 2.31. The van der Waals surface area contributed by atoms with Gasteiger partial charge in [0, 0.05) is 24.5 Å². The fourth-order valence-corrected chi connectivity index (χ4v) is 3.35. The molecule has 1 aliphatic rings. The number of aromatic amines is 1. The van der Waals surface area contributed by atoms with E-state index in [-0.39, 0.29) is 11.9 Å². The van der Waals surface area contributed by atoms with E-state index in [9.17, 15) is 4.79 Å². The summed E-state index contributed by atoms with van der Waals surface area (Å²) in [6, 6.07) is 12.8. The lowest BCUT2D eigenvalue weighted by molar-refractivity contribution is 0.0592. The molecule has 3 aromatic rings. The quantitative estimate of drug-likeness (QED) is 0.764. The third-order valence-electron chi connectivity index (χ3n) is 4.61. The molecule has 1 aliphatic heterocycles. The second-order valence-corrected chi connectivity index (χ2v) is 6.60. The van der Waals surface area contributed by atoms with Crippen LogP contribution in [0, 0.1) is 6.92 Å². The first-order valence-electron chi connectivity index (χ1n) is 9.09. The molecule has 0 radical (unpaired) electrons. The van der Waals surface area contributed by atoms with Crippen molar-refractivity contribution < 1.29 is 9.53 Å². The molecular formula is C20H21N5O2. The van der Waals surface area contributed by atoms with Gasteiger partial charge in [0.25, 0.3) is 5.91 Å². The molecule has 1 unspecified atom stereocenters. The monoisotopic (exact) mass is 363 g/mol. The number of piperidine rings is 1. The van der Waals surface area contributed by atoms with Crippen molar-refractivity contribution in [1.82, 2.24) is 25.1 Å². The van der Waals surface area contributed by atoms with Crippen molar-refractivity contribution >= 4 is 5.91 Å². The van der Waals surface area contributed by atoms with Gasteiger partial charge in [-0.05, 0) is 44.4 Å². The lowest BCUT2D eigenvalue weighted by atomic mass is 10.0. The van der Waals surface area contributed by atoms with E-state index >= 15 is 0 Å². The van der Waals surface area contributed by atoms with Gasteiger partial charge in [0.15, 0.2) is 5.82 Å². The number of hydrogen-bond acceptors (Lipinski definition) is 5. The van der Waals surface area contributed by atoms with Gasteiger partial charge in [0.1, 0.15) is 11.4 Å². The van der Waals surface area contributed by atoms with E-state index in [1.165, 1.54) is 0 Å². The van der Waals surface area contributed by atoms with Gasteiger partial charge >= 0.3 is 0 Å². The second kappa shape index (κ2) is 7.57. The minimum absolute atomic E-state index is 0.0761. The van der Waals surface area contributed by atoms with Gasteiger partial charge in [0.05, 0.1) is 6.04 Å². The molecule has 138 valence electrons. The Hall–Kier alpha value is -3.22. The first kappa shape index (κ1) is 17.2. The number of likely N-dealkylation sites (tertiary alicyclic amines) is 1. The van der Waals surface area contributed by atoms with Crippen LogP contribution in [0.2, 0.25) is 0 Å². The standard InChI is InChI=1S/C20H21N5O2/c1-14-13-18(27-15-7-3-2-4-8-15)23-19(22-14)17-9-5-6-12-25(17)20(26)16-10-11-21-24-16/h2-4,7-8,10-11,13,17H,5-6,9,12H2,1H3,(H,21,24). The van der Waals surface area contributed by atoms with E-state index in [4.69, 9.17) is 4.74 Å². The van der Waals surface area contributed by atoms with E-state index < -0.39 is 0 Å². The van der Waals surface area contributed by atoms with Crippen molar-refractivity contribution in [2.45, 2.75) is 32.2 Å². The molecule has 2 aromatic heterocycles. The largest absolute Gasteiger partial charge is 0.439 e. The molecule has 27 heavy (non-hydrogen) atoms. The second-order valence-electron chi connectivity index (χ2n) is 6.60. The summed E-state index contributed by atoms with van der Waals surface area (Å²) in [6.07, 6.45) is 4.41. The van der Waals surface area contributed by atoms with Crippen molar-refractivity contribution in [3.8, 4) is 11.6 Å². The van der Waals surface area contributed by atoms with E-state index in [0.717, 1.165) is 30.7 Å². The summed E-state index contributed by atoms with van der Waals surface area (Å²) in [4.78, 5) is 23.9. The maximum absolute atomic E-state index is 12.9. The Kier molecular flexibility index (Phi) is 4.82. The molecule has 1 atom stereocenters. The molecule has 1 fully saturated rings. The van der Waals surface area contributed by atoms with Crippen LogP contribution < -0.4 is 4.74 Å². The zero-order valence-electron chi connectivity index (χ0n) is 15.1. The van der Waals surface area contributed by atoms with E-state index in [1.807, 2.05) is 42.2 Å². The third kappa shape index (κ3) is 3.81. The molecule has 1 saturated heterocycles. The van der Waals surface area contributed by atoms with E-state index in [1.54, 1.807) is 18.3 Å². The highest BCUT2D eigenvalue weighted by molar-refractivity contribution is 5.92. The summed E-state index contributed by atoms with van der Waals surface area (Å²) in [5, 5.41) is 6.64. The fourth-order valence-electron chi connectivity index (χ4n) is 3.35. The first-order chi connectivity index (χ1) is 13.2.